The largest absolute Gasteiger partial charge is 0.332 e. The fourth-order valence-electron chi connectivity index (χ4n) is 1.60. The predicted octanol–water partition coefficient (Wildman–Crippen LogP) is -0.456. The van der Waals surface area contributed by atoms with Crippen molar-refractivity contribution in [3.8, 4) is 0 Å². The highest BCUT2D eigenvalue weighted by Crippen LogP contribution is 2.23. The number of hydrogen-bond acceptors (Lipinski definition) is 4. The van der Waals surface area contributed by atoms with Gasteiger partial charge >= 0.3 is 6.03 Å². The number of carbonyl (C=O) groups is 3. The minimum atomic E-state index is -1.00. The monoisotopic (exact) mass is 222 g/mol. The van der Waals surface area contributed by atoms with Gasteiger partial charge in [0.1, 0.15) is 0 Å². The quantitative estimate of drug-likeness (QED) is 0.651. The van der Waals surface area contributed by atoms with Crippen LogP contribution in [0, 0.1) is 0 Å². The number of carbonyl (C=O) groups excluding carboxylic acids is 3. The third-order valence-corrected chi connectivity index (χ3v) is 2.56. The van der Waals surface area contributed by atoms with Crippen molar-refractivity contribution in [2.75, 3.05) is 14.1 Å². The van der Waals surface area contributed by atoms with Crippen molar-refractivity contribution in [3.63, 3.8) is 0 Å². The standard InChI is InChI=1S/C9H10N4O3/c1-12-7(14)6(5-3-4-10-11-5)8(15)13(2)9(12)16/h3-4,6H,1-2H3,(H,10,11). The molecule has 1 aliphatic rings. The van der Waals surface area contributed by atoms with E-state index in [2.05, 4.69) is 10.2 Å². The molecule has 1 fully saturated rings. The topological polar surface area (TPSA) is 86.4 Å². The van der Waals surface area contributed by atoms with Gasteiger partial charge in [-0.3, -0.25) is 24.5 Å². The van der Waals surface area contributed by atoms with E-state index in [4.69, 9.17) is 0 Å². The molecule has 1 saturated heterocycles. The zero-order valence-corrected chi connectivity index (χ0v) is 8.80. The van der Waals surface area contributed by atoms with Gasteiger partial charge in [0.05, 0.1) is 5.69 Å². The Morgan fingerprint density at radius 3 is 2.19 bits per heavy atom. The van der Waals surface area contributed by atoms with Crippen LogP contribution in [0.1, 0.15) is 11.6 Å². The molecule has 0 radical (unpaired) electrons. The van der Waals surface area contributed by atoms with E-state index in [1.165, 1.54) is 26.4 Å². The molecule has 1 aromatic heterocycles. The Labute approximate surface area is 91.0 Å². The van der Waals surface area contributed by atoms with Crippen LogP contribution in [0.15, 0.2) is 12.3 Å². The van der Waals surface area contributed by atoms with Gasteiger partial charge in [0, 0.05) is 20.3 Å². The van der Waals surface area contributed by atoms with Crippen LogP contribution in [0.25, 0.3) is 0 Å². The van der Waals surface area contributed by atoms with Gasteiger partial charge in [-0.25, -0.2) is 4.79 Å². The molecule has 16 heavy (non-hydrogen) atoms. The van der Waals surface area contributed by atoms with Crippen LogP contribution >= 0.6 is 0 Å². The predicted molar refractivity (Wildman–Crippen MR) is 52.3 cm³/mol. The molecular formula is C9H10N4O3. The van der Waals surface area contributed by atoms with Crippen LogP contribution in [-0.2, 0) is 9.59 Å². The third-order valence-electron chi connectivity index (χ3n) is 2.56. The van der Waals surface area contributed by atoms with Gasteiger partial charge in [0.2, 0.25) is 11.8 Å². The summed E-state index contributed by atoms with van der Waals surface area (Å²) in [6.07, 6.45) is 1.45. The van der Waals surface area contributed by atoms with E-state index in [-0.39, 0.29) is 0 Å². The number of rotatable bonds is 1. The van der Waals surface area contributed by atoms with E-state index in [1.54, 1.807) is 0 Å². The molecule has 0 spiro atoms. The normalized spacial score (nSPS) is 18.5. The molecule has 4 amide bonds. The Hall–Kier alpha value is -2.18. The molecule has 0 aliphatic carbocycles. The lowest BCUT2D eigenvalue weighted by Crippen LogP contribution is -2.55. The summed E-state index contributed by atoms with van der Waals surface area (Å²) in [5.74, 6) is -2.09. The molecule has 0 saturated carbocycles. The molecular weight excluding hydrogens is 212 g/mol. The molecule has 0 aromatic carbocycles. The van der Waals surface area contributed by atoms with E-state index in [0.29, 0.717) is 5.69 Å². The van der Waals surface area contributed by atoms with Crippen molar-refractivity contribution in [2.24, 2.45) is 0 Å². The molecule has 0 atom stereocenters. The second-order valence-electron chi connectivity index (χ2n) is 3.52. The summed E-state index contributed by atoms with van der Waals surface area (Å²) < 4.78 is 0. The summed E-state index contributed by atoms with van der Waals surface area (Å²) in [5.41, 5.74) is 0.390. The fraction of sp³-hybridized carbons (Fsp3) is 0.333. The number of imide groups is 2. The number of likely N-dealkylation sites (N-methyl/N-ethyl adjacent to an activating group) is 2. The van der Waals surface area contributed by atoms with Gasteiger partial charge < -0.3 is 0 Å². The minimum absolute atomic E-state index is 0.390. The molecule has 0 bridgehead atoms. The summed E-state index contributed by atoms with van der Waals surface area (Å²) in [6, 6.07) is 0.920. The van der Waals surface area contributed by atoms with Crippen LogP contribution in [0.2, 0.25) is 0 Å². The number of amides is 4. The summed E-state index contributed by atoms with van der Waals surface area (Å²) in [4.78, 5) is 36.9. The molecule has 1 aliphatic heterocycles. The SMILES string of the molecule is CN1C(=O)C(c2ccn[nH]2)C(=O)N(C)C1=O. The molecule has 84 valence electrons. The van der Waals surface area contributed by atoms with Crippen LogP contribution in [0.3, 0.4) is 0 Å². The number of nitrogens with one attached hydrogen (secondary N) is 1. The number of aromatic amines is 1. The maximum atomic E-state index is 11.8. The fourth-order valence-corrected chi connectivity index (χ4v) is 1.60. The van der Waals surface area contributed by atoms with Crippen molar-refractivity contribution < 1.29 is 14.4 Å². The Morgan fingerprint density at radius 1 is 1.19 bits per heavy atom. The smallest absolute Gasteiger partial charge is 0.281 e. The Morgan fingerprint density at radius 2 is 1.75 bits per heavy atom. The summed E-state index contributed by atoms with van der Waals surface area (Å²) >= 11 is 0. The van der Waals surface area contributed by atoms with E-state index in [1.807, 2.05) is 0 Å². The van der Waals surface area contributed by atoms with Crippen molar-refractivity contribution in [1.29, 1.82) is 0 Å². The minimum Gasteiger partial charge on any atom is -0.281 e. The number of urea groups is 1. The maximum absolute atomic E-state index is 11.8. The van der Waals surface area contributed by atoms with Gasteiger partial charge in [-0.05, 0) is 6.07 Å². The summed E-state index contributed by atoms with van der Waals surface area (Å²) in [7, 11) is 2.69. The average Bonchev–Trinajstić information content (AvgIpc) is 2.77. The summed E-state index contributed by atoms with van der Waals surface area (Å²) in [6.45, 7) is 0. The van der Waals surface area contributed by atoms with Crippen LogP contribution < -0.4 is 0 Å². The second-order valence-corrected chi connectivity index (χ2v) is 3.52. The van der Waals surface area contributed by atoms with Gasteiger partial charge in [0.15, 0.2) is 5.92 Å². The molecule has 2 heterocycles. The highest BCUT2D eigenvalue weighted by molar-refractivity contribution is 6.18. The van der Waals surface area contributed by atoms with Crippen molar-refractivity contribution in [3.05, 3.63) is 18.0 Å². The molecule has 7 nitrogen and oxygen atoms in total. The van der Waals surface area contributed by atoms with Crippen molar-refractivity contribution in [1.82, 2.24) is 20.0 Å². The van der Waals surface area contributed by atoms with E-state index < -0.39 is 23.8 Å². The third kappa shape index (κ3) is 1.28. The zero-order valence-electron chi connectivity index (χ0n) is 8.80. The number of barbiturate groups is 1. The Kier molecular flexibility index (Phi) is 2.22. The maximum Gasteiger partial charge on any atom is 0.332 e. The second kappa shape index (κ2) is 3.44. The Bertz CT molecular complexity index is 429. The molecule has 7 heteroatoms. The van der Waals surface area contributed by atoms with Gasteiger partial charge in [0.25, 0.3) is 0 Å². The molecule has 1 N–H and O–H groups in total. The number of H-pyrrole nitrogens is 1. The van der Waals surface area contributed by atoms with E-state index >= 15 is 0 Å². The van der Waals surface area contributed by atoms with Crippen molar-refractivity contribution in [2.45, 2.75) is 5.92 Å². The molecule has 1 aromatic rings. The van der Waals surface area contributed by atoms with E-state index in [9.17, 15) is 14.4 Å². The molecule has 0 unspecified atom stereocenters. The first kappa shape index (κ1) is 10.3. The highest BCUT2D eigenvalue weighted by Gasteiger charge is 2.43. The highest BCUT2D eigenvalue weighted by atomic mass is 16.2. The van der Waals surface area contributed by atoms with Gasteiger partial charge in [-0.15, -0.1) is 0 Å². The first-order valence-corrected chi connectivity index (χ1v) is 4.62. The zero-order chi connectivity index (χ0) is 11.9. The first-order valence-electron chi connectivity index (χ1n) is 4.62. The van der Waals surface area contributed by atoms with E-state index in [0.717, 1.165) is 9.80 Å². The van der Waals surface area contributed by atoms with Crippen LogP contribution in [0.5, 0.6) is 0 Å². The summed E-state index contributed by atoms with van der Waals surface area (Å²) in [5, 5.41) is 6.25. The number of aromatic nitrogens is 2. The lowest BCUT2D eigenvalue weighted by molar-refractivity contribution is -0.143. The Balaban J connectivity index is 2.42. The first-order chi connectivity index (χ1) is 7.54. The lowest BCUT2D eigenvalue weighted by Gasteiger charge is -2.32. The van der Waals surface area contributed by atoms with Crippen molar-refractivity contribution >= 4 is 17.8 Å². The molecule has 2 rings (SSSR count). The lowest BCUT2D eigenvalue weighted by atomic mass is 10.0. The van der Waals surface area contributed by atoms with Gasteiger partial charge in [-0.1, -0.05) is 0 Å². The van der Waals surface area contributed by atoms with Crippen LogP contribution in [0.4, 0.5) is 4.79 Å². The van der Waals surface area contributed by atoms with Gasteiger partial charge in [-0.2, -0.15) is 5.10 Å². The van der Waals surface area contributed by atoms with Crippen LogP contribution in [-0.4, -0.2) is 51.9 Å². The number of hydrogen-bond donors (Lipinski definition) is 1. The number of nitrogens with zero attached hydrogens (tertiary/aromatic N) is 3. The average molecular weight is 222 g/mol.